The molecule has 0 aromatic heterocycles. The highest BCUT2D eigenvalue weighted by molar-refractivity contribution is 4.78. The first kappa shape index (κ1) is 12.9. The normalized spacial score (nSPS) is 25.4. The van der Waals surface area contributed by atoms with Gasteiger partial charge in [-0.2, -0.15) is 0 Å². The number of ether oxygens (including phenoxy) is 1. The van der Waals surface area contributed by atoms with E-state index in [0.29, 0.717) is 25.2 Å². The van der Waals surface area contributed by atoms with Crippen molar-refractivity contribution in [3.63, 3.8) is 0 Å². The van der Waals surface area contributed by atoms with Gasteiger partial charge in [0.2, 0.25) is 0 Å². The Kier molecular flexibility index (Phi) is 6.17. The molecule has 3 atom stereocenters. The van der Waals surface area contributed by atoms with Crippen LogP contribution in [0, 0.1) is 0 Å². The zero-order chi connectivity index (χ0) is 11.1. The van der Waals surface area contributed by atoms with E-state index in [2.05, 4.69) is 17.6 Å². The third kappa shape index (κ3) is 5.47. The number of hydrogen-bond donors (Lipinski definition) is 3. The molecule has 1 rings (SSSR count). The Balaban J connectivity index is 2.04. The van der Waals surface area contributed by atoms with E-state index < -0.39 is 6.10 Å². The van der Waals surface area contributed by atoms with Crippen molar-refractivity contribution in [2.75, 3.05) is 26.8 Å². The third-order valence-corrected chi connectivity index (χ3v) is 2.86. The molecule has 0 radical (unpaired) electrons. The molecule has 90 valence electrons. The molecule has 1 saturated heterocycles. The van der Waals surface area contributed by atoms with Crippen molar-refractivity contribution in [2.24, 2.45) is 0 Å². The van der Waals surface area contributed by atoms with Crippen LogP contribution in [0.25, 0.3) is 0 Å². The van der Waals surface area contributed by atoms with Crippen LogP contribution in [0.15, 0.2) is 0 Å². The van der Waals surface area contributed by atoms with E-state index in [0.717, 1.165) is 13.0 Å². The van der Waals surface area contributed by atoms with Gasteiger partial charge in [0, 0.05) is 25.7 Å². The van der Waals surface area contributed by atoms with E-state index in [9.17, 15) is 5.11 Å². The summed E-state index contributed by atoms with van der Waals surface area (Å²) in [6.45, 7) is 4.34. The quantitative estimate of drug-likeness (QED) is 0.565. The molecule has 1 aliphatic heterocycles. The van der Waals surface area contributed by atoms with Gasteiger partial charge < -0.3 is 20.5 Å². The van der Waals surface area contributed by atoms with Crippen LogP contribution in [-0.2, 0) is 4.74 Å². The van der Waals surface area contributed by atoms with Crippen molar-refractivity contribution in [3.8, 4) is 0 Å². The van der Waals surface area contributed by atoms with Crippen molar-refractivity contribution in [2.45, 2.75) is 44.4 Å². The molecular formula is C11H24N2O2. The van der Waals surface area contributed by atoms with E-state index in [1.807, 2.05) is 0 Å². The second-order valence-electron chi connectivity index (χ2n) is 4.45. The molecule has 0 amide bonds. The summed E-state index contributed by atoms with van der Waals surface area (Å²) >= 11 is 0. The minimum atomic E-state index is -0.394. The van der Waals surface area contributed by atoms with Crippen molar-refractivity contribution in [1.82, 2.24) is 10.6 Å². The molecule has 15 heavy (non-hydrogen) atoms. The SMILES string of the molecule is COCC(O)CNC(C)CC1CCCN1. The molecule has 0 bridgehead atoms. The summed E-state index contributed by atoms with van der Waals surface area (Å²) in [4.78, 5) is 0. The Morgan fingerprint density at radius 3 is 3.00 bits per heavy atom. The Morgan fingerprint density at radius 1 is 1.60 bits per heavy atom. The van der Waals surface area contributed by atoms with E-state index in [1.165, 1.54) is 12.8 Å². The van der Waals surface area contributed by atoms with Crippen LogP contribution < -0.4 is 10.6 Å². The fourth-order valence-electron chi connectivity index (χ4n) is 2.06. The van der Waals surface area contributed by atoms with Crippen LogP contribution in [-0.4, -0.2) is 50.1 Å². The van der Waals surface area contributed by atoms with E-state index in [1.54, 1.807) is 7.11 Å². The second kappa shape index (κ2) is 7.17. The number of aliphatic hydroxyl groups excluding tert-OH is 1. The van der Waals surface area contributed by atoms with Gasteiger partial charge in [0.25, 0.3) is 0 Å². The number of hydrogen-bond acceptors (Lipinski definition) is 4. The maximum Gasteiger partial charge on any atom is 0.0897 e. The lowest BCUT2D eigenvalue weighted by Crippen LogP contribution is -2.39. The summed E-state index contributed by atoms with van der Waals surface area (Å²) in [5, 5.41) is 16.3. The topological polar surface area (TPSA) is 53.5 Å². The van der Waals surface area contributed by atoms with E-state index >= 15 is 0 Å². The first-order chi connectivity index (χ1) is 7.22. The monoisotopic (exact) mass is 216 g/mol. The standard InChI is InChI=1S/C11H24N2O2/c1-9(6-10-4-3-5-12-10)13-7-11(14)8-15-2/h9-14H,3-8H2,1-2H3. The minimum absolute atomic E-state index is 0.394. The summed E-state index contributed by atoms with van der Waals surface area (Å²) in [7, 11) is 1.61. The predicted octanol–water partition coefficient (Wildman–Crippen LogP) is 0.114. The maximum absolute atomic E-state index is 9.46. The van der Waals surface area contributed by atoms with Gasteiger partial charge in [0.1, 0.15) is 0 Å². The van der Waals surface area contributed by atoms with E-state index in [-0.39, 0.29) is 0 Å². The van der Waals surface area contributed by atoms with Crippen LogP contribution >= 0.6 is 0 Å². The van der Waals surface area contributed by atoms with Crippen molar-refractivity contribution < 1.29 is 9.84 Å². The molecule has 0 aromatic rings. The average Bonchev–Trinajstić information content (AvgIpc) is 2.68. The van der Waals surface area contributed by atoms with Crippen LogP contribution in [0.4, 0.5) is 0 Å². The highest BCUT2D eigenvalue weighted by Crippen LogP contribution is 2.10. The van der Waals surface area contributed by atoms with Gasteiger partial charge in [-0.05, 0) is 32.7 Å². The van der Waals surface area contributed by atoms with Crippen LogP contribution in [0.5, 0.6) is 0 Å². The summed E-state index contributed by atoms with van der Waals surface area (Å²) in [6.07, 6.45) is 3.32. The average molecular weight is 216 g/mol. The van der Waals surface area contributed by atoms with Crippen LogP contribution in [0.1, 0.15) is 26.2 Å². The molecule has 0 aromatic carbocycles. The van der Waals surface area contributed by atoms with Crippen molar-refractivity contribution in [1.29, 1.82) is 0 Å². The van der Waals surface area contributed by atoms with Crippen molar-refractivity contribution >= 4 is 0 Å². The zero-order valence-corrected chi connectivity index (χ0v) is 9.83. The molecule has 4 nitrogen and oxygen atoms in total. The molecule has 1 fully saturated rings. The number of nitrogens with one attached hydrogen (secondary N) is 2. The molecule has 4 heteroatoms. The highest BCUT2D eigenvalue weighted by atomic mass is 16.5. The lowest BCUT2D eigenvalue weighted by Gasteiger charge is -2.20. The summed E-state index contributed by atoms with van der Waals surface area (Å²) in [5.41, 5.74) is 0. The Labute approximate surface area is 92.4 Å². The third-order valence-electron chi connectivity index (χ3n) is 2.86. The van der Waals surface area contributed by atoms with Crippen LogP contribution in [0.3, 0.4) is 0 Å². The predicted molar refractivity (Wildman–Crippen MR) is 61.0 cm³/mol. The zero-order valence-electron chi connectivity index (χ0n) is 9.83. The molecule has 1 heterocycles. The first-order valence-corrected chi connectivity index (χ1v) is 5.86. The largest absolute Gasteiger partial charge is 0.389 e. The highest BCUT2D eigenvalue weighted by Gasteiger charge is 2.17. The number of methoxy groups -OCH3 is 1. The summed E-state index contributed by atoms with van der Waals surface area (Å²) in [6, 6.07) is 1.11. The molecule has 0 spiro atoms. The second-order valence-corrected chi connectivity index (χ2v) is 4.45. The molecular weight excluding hydrogens is 192 g/mol. The molecule has 3 unspecified atom stereocenters. The Hall–Kier alpha value is -0.160. The van der Waals surface area contributed by atoms with Crippen LogP contribution in [0.2, 0.25) is 0 Å². The number of rotatable bonds is 7. The smallest absolute Gasteiger partial charge is 0.0897 e. The lowest BCUT2D eigenvalue weighted by atomic mass is 10.1. The van der Waals surface area contributed by atoms with Gasteiger partial charge in [-0.3, -0.25) is 0 Å². The van der Waals surface area contributed by atoms with Gasteiger partial charge in [0.15, 0.2) is 0 Å². The maximum atomic E-state index is 9.46. The van der Waals surface area contributed by atoms with Gasteiger partial charge in [-0.1, -0.05) is 0 Å². The van der Waals surface area contributed by atoms with Crippen molar-refractivity contribution in [3.05, 3.63) is 0 Å². The van der Waals surface area contributed by atoms with Gasteiger partial charge in [-0.25, -0.2) is 0 Å². The lowest BCUT2D eigenvalue weighted by molar-refractivity contribution is 0.0627. The number of aliphatic hydroxyl groups is 1. The van der Waals surface area contributed by atoms with E-state index in [4.69, 9.17) is 4.74 Å². The molecule has 0 aliphatic carbocycles. The minimum Gasteiger partial charge on any atom is -0.389 e. The fraction of sp³-hybridized carbons (Fsp3) is 1.00. The van der Waals surface area contributed by atoms with Gasteiger partial charge in [-0.15, -0.1) is 0 Å². The summed E-state index contributed by atoms with van der Waals surface area (Å²) < 4.78 is 4.87. The first-order valence-electron chi connectivity index (χ1n) is 5.86. The molecule has 3 N–H and O–H groups in total. The van der Waals surface area contributed by atoms with Gasteiger partial charge >= 0.3 is 0 Å². The Bertz CT molecular complexity index is 161. The fourth-order valence-corrected chi connectivity index (χ4v) is 2.06. The van der Waals surface area contributed by atoms with Gasteiger partial charge in [0.05, 0.1) is 12.7 Å². The molecule has 1 aliphatic rings. The summed E-state index contributed by atoms with van der Waals surface area (Å²) in [5.74, 6) is 0. The Morgan fingerprint density at radius 2 is 2.40 bits per heavy atom. The molecule has 0 saturated carbocycles.